The quantitative estimate of drug-likeness (QED) is 0.743. The van der Waals surface area contributed by atoms with Crippen LogP contribution in [-0.4, -0.2) is 51.8 Å². The van der Waals surface area contributed by atoms with Crippen LogP contribution >= 0.6 is 0 Å². The van der Waals surface area contributed by atoms with Crippen molar-refractivity contribution in [1.82, 2.24) is 9.88 Å². The lowest BCUT2D eigenvalue weighted by atomic mass is 10.1. The van der Waals surface area contributed by atoms with Gasteiger partial charge in [0, 0.05) is 25.6 Å². The number of aromatic nitrogens is 1. The Morgan fingerprint density at radius 2 is 2.26 bits per heavy atom. The van der Waals surface area contributed by atoms with Gasteiger partial charge >= 0.3 is 6.09 Å². The summed E-state index contributed by atoms with van der Waals surface area (Å²) in [6, 6.07) is 2.98. The normalized spacial score (nSPS) is 18.4. The van der Waals surface area contributed by atoms with Gasteiger partial charge in [0.2, 0.25) is 0 Å². The molecule has 1 atom stereocenters. The molecule has 0 aliphatic carbocycles. The molecule has 0 radical (unpaired) electrons. The van der Waals surface area contributed by atoms with Crippen molar-refractivity contribution in [3.05, 3.63) is 24.0 Å². The smallest absolute Gasteiger partial charge is 0.409 e. The van der Waals surface area contributed by atoms with Crippen LogP contribution in [0.1, 0.15) is 16.9 Å². The molecule has 2 rings (SSSR count). The number of aliphatic hydroxyl groups excluding tert-OH is 1. The van der Waals surface area contributed by atoms with Gasteiger partial charge in [-0.15, -0.1) is 0 Å². The van der Waals surface area contributed by atoms with Crippen molar-refractivity contribution in [2.24, 2.45) is 5.92 Å². The molecule has 0 saturated carbocycles. The van der Waals surface area contributed by atoms with Gasteiger partial charge in [0.05, 0.1) is 11.9 Å². The maximum atomic E-state index is 12.1. The van der Waals surface area contributed by atoms with Crippen LogP contribution in [0.5, 0.6) is 0 Å². The van der Waals surface area contributed by atoms with Gasteiger partial charge in [0.15, 0.2) is 0 Å². The highest BCUT2D eigenvalue weighted by Gasteiger charge is 2.26. The number of carbonyl (C=O) groups is 2. The van der Waals surface area contributed by atoms with E-state index in [1.807, 2.05) is 0 Å². The van der Waals surface area contributed by atoms with Crippen LogP contribution < -0.4 is 5.32 Å². The van der Waals surface area contributed by atoms with Crippen molar-refractivity contribution in [2.75, 3.05) is 25.0 Å². The number of carboxylic acid groups (broad SMARTS) is 1. The van der Waals surface area contributed by atoms with E-state index in [9.17, 15) is 9.59 Å². The summed E-state index contributed by atoms with van der Waals surface area (Å²) in [4.78, 5) is 28.1. The molecule has 0 bridgehead atoms. The number of rotatable bonds is 3. The molecule has 1 aromatic heterocycles. The van der Waals surface area contributed by atoms with E-state index in [1.54, 1.807) is 4.90 Å². The molecule has 0 spiro atoms. The molecule has 2 heterocycles. The zero-order valence-corrected chi connectivity index (χ0v) is 10.2. The molecule has 7 nitrogen and oxygen atoms in total. The minimum atomic E-state index is -1.17. The fraction of sp³-hybridized carbons (Fsp3) is 0.417. The SMILES string of the molecule is O=C(O)Nc1ccc(C(=O)N2CC[C@H](CO)C2)nc1. The minimum absolute atomic E-state index is 0.0820. The molecule has 1 fully saturated rings. The second-order valence-electron chi connectivity index (χ2n) is 4.45. The van der Waals surface area contributed by atoms with Crippen LogP contribution in [-0.2, 0) is 0 Å². The molecule has 1 aliphatic heterocycles. The van der Waals surface area contributed by atoms with Gasteiger partial charge in [0.25, 0.3) is 5.91 Å². The summed E-state index contributed by atoms with van der Waals surface area (Å²) in [5.41, 5.74) is 0.591. The van der Waals surface area contributed by atoms with Crippen LogP contribution in [0.15, 0.2) is 18.3 Å². The third-order valence-corrected chi connectivity index (χ3v) is 3.07. The Labute approximate surface area is 109 Å². The van der Waals surface area contributed by atoms with E-state index in [-0.39, 0.29) is 24.1 Å². The van der Waals surface area contributed by atoms with Crippen molar-refractivity contribution in [1.29, 1.82) is 0 Å². The Morgan fingerprint density at radius 3 is 2.79 bits per heavy atom. The van der Waals surface area contributed by atoms with Crippen LogP contribution in [0.2, 0.25) is 0 Å². The van der Waals surface area contributed by atoms with Crippen LogP contribution in [0.3, 0.4) is 0 Å². The third kappa shape index (κ3) is 3.19. The first-order valence-electron chi connectivity index (χ1n) is 5.96. The summed E-state index contributed by atoms with van der Waals surface area (Å²) in [7, 11) is 0. The Morgan fingerprint density at radius 1 is 1.47 bits per heavy atom. The lowest BCUT2D eigenvalue weighted by Gasteiger charge is -2.15. The Balaban J connectivity index is 2.02. The molecular formula is C12H15N3O4. The average Bonchev–Trinajstić information content (AvgIpc) is 2.87. The fourth-order valence-electron chi connectivity index (χ4n) is 2.05. The van der Waals surface area contributed by atoms with Crippen molar-refractivity contribution < 1.29 is 19.8 Å². The topological polar surface area (TPSA) is 103 Å². The number of carbonyl (C=O) groups excluding carboxylic acids is 1. The first-order valence-corrected chi connectivity index (χ1v) is 5.96. The summed E-state index contributed by atoms with van der Waals surface area (Å²) < 4.78 is 0. The van der Waals surface area contributed by atoms with E-state index >= 15 is 0 Å². The van der Waals surface area contributed by atoms with Crippen molar-refractivity contribution in [2.45, 2.75) is 6.42 Å². The number of nitrogens with one attached hydrogen (secondary N) is 1. The van der Waals surface area contributed by atoms with Gasteiger partial charge < -0.3 is 15.1 Å². The highest BCUT2D eigenvalue weighted by Crippen LogP contribution is 2.18. The molecule has 3 N–H and O–H groups in total. The molecule has 2 amide bonds. The molecule has 0 unspecified atom stereocenters. The number of aliphatic hydroxyl groups is 1. The number of hydrogen-bond donors (Lipinski definition) is 3. The zero-order chi connectivity index (χ0) is 13.8. The molecule has 19 heavy (non-hydrogen) atoms. The van der Waals surface area contributed by atoms with Gasteiger partial charge in [-0.2, -0.15) is 0 Å². The molecule has 1 aliphatic rings. The molecule has 102 valence electrons. The first kappa shape index (κ1) is 13.3. The largest absolute Gasteiger partial charge is 0.465 e. The van der Waals surface area contributed by atoms with E-state index < -0.39 is 6.09 Å². The molecule has 1 saturated heterocycles. The lowest BCUT2D eigenvalue weighted by Crippen LogP contribution is -2.29. The van der Waals surface area contributed by atoms with Crippen molar-refractivity contribution >= 4 is 17.7 Å². The Kier molecular flexibility index (Phi) is 3.96. The van der Waals surface area contributed by atoms with Gasteiger partial charge in [0.1, 0.15) is 5.69 Å². The van der Waals surface area contributed by atoms with Crippen LogP contribution in [0.25, 0.3) is 0 Å². The molecule has 0 aromatic carbocycles. The number of amides is 2. The summed E-state index contributed by atoms with van der Waals surface area (Å²) in [5, 5.41) is 19.7. The van der Waals surface area contributed by atoms with Gasteiger partial charge in [-0.1, -0.05) is 0 Å². The van der Waals surface area contributed by atoms with E-state index in [1.165, 1.54) is 18.3 Å². The minimum Gasteiger partial charge on any atom is -0.465 e. The standard InChI is InChI=1S/C12H15N3O4/c16-7-8-3-4-15(6-8)11(17)10-2-1-9(5-13-10)14-12(18)19/h1-2,5,8,14,16H,3-4,6-7H2,(H,18,19)/t8-/m0/s1. The molecular weight excluding hydrogens is 250 g/mol. The number of likely N-dealkylation sites (tertiary alicyclic amines) is 1. The monoisotopic (exact) mass is 265 g/mol. The van der Waals surface area contributed by atoms with E-state index in [4.69, 9.17) is 10.2 Å². The third-order valence-electron chi connectivity index (χ3n) is 3.07. The first-order chi connectivity index (χ1) is 9.10. The Hall–Kier alpha value is -2.15. The highest BCUT2D eigenvalue weighted by molar-refractivity contribution is 5.93. The molecule has 7 heteroatoms. The summed E-state index contributed by atoms with van der Waals surface area (Å²) in [6.07, 6.45) is 0.924. The fourth-order valence-corrected chi connectivity index (χ4v) is 2.05. The second kappa shape index (κ2) is 5.66. The predicted molar refractivity (Wildman–Crippen MR) is 67.0 cm³/mol. The second-order valence-corrected chi connectivity index (χ2v) is 4.45. The number of pyridine rings is 1. The highest BCUT2D eigenvalue weighted by atomic mass is 16.4. The predicted octanol–water partition coefficient (Wildman–Crippen LogP) is 0.626. The van der Waals surface area contributed by atoms with Gasteiger partial charge in [-0.3, -0.25) is 10.1 Å². The van der Waals surface area contributed by atoms with E-state index in [2.05, 4.69) is 10.3 Å². The van der Waals surface area contributed by atoms with Crippen LogP contribution in [0, 0.1) is 5.92 Å². The number of anilines is 1. The average molecular weight is 265 g/mol. The maximum Gasteiger partial charge on any atom is 0.409 e. The lowest BCUT2D eigenvalue weighted by molar-refractivity contribution is 0.0776. The van der Waals surface area contributed by atoms with Gasteiger partial charge in [-0.05, 0) is 18.6 Å². The number of nitrogens with zero attached hydrogens (tertiary/aromatic N) is 2. The summed E-state index contributed by atoms with van der Waals surface area (Å²) in [6.45, 7) is 1.23. The van der Waals surface area contributed by atoms with Crippen LogP contribution in [0.4, 0.5) is 10.5 Å². The zero-order valence-electron chi connectivity index (χ0n) is 10.2. The van der Waals surface area contributed by atoms with E-state index in [0.717, 1.165) is 6.42 Å². The summed E-state index contributed by atoms with van der Waals surface area (Å²) in [5.74, 6) is -0.0604. The van der Waals surface area contributed by atoms with Crippen molar-refractivity contribution in [3.63, 3.8) is 0 Å². The van der Waals surface area contributed by atoms with Gasteiger partial charge in [-0.25, -0.2) is 9.78 Å². The molecule has 1 aromatic rings. The number of hydrogen-bond acceptors (Lipinski definition) is 4. The van der Waals surface area contributed by atoms with Crippen molar-refractivity contribution in [3.8, 4) is 0 Å². The Bertz CT molecular complexity index is 474. The maximum absolute atomic E-state index is 12.1. The van der Waals surface area contributed by atoms with E-state index in [0.29, 0.717) is 18.8 Å². The summed E-state index contributed by atoms with van der Waals surface area (Å²) >= 11 is 0.